The second-order valence-electron chi connectivity index (χ2n) is 8.10. The molecule has 6 nitrogen and oxygen atoms in total. The first-order valence-corrected chi connectivity index (χ1v) is 12.2. The Balaban J connectivity index is 1.59. The number of aromatic nitrogens is 1. The third-order valence-corrected chi connectivity index (χ3v) is 7.90. The number of sulfonamides is 1. The van der Waals surface area contributed by atoms with Gasteiger partial charge in [0.25, 0.3) is 0 Å². The second-order valence-corrected chi connectivity index (χ2v) is 9.99. The maximum atomic E-state index is 13.6. The molecule has 7 heteroatoms. The molecular weight excluding hydrogens is 422 g/mol. The quantitative estimate of drug-likeness (QED) is 0.614. The summed E-state index contributed by atoms with van der Waals surface area (Å²) in [5, 5.41) is 3.04. The van der Waals surface area contributed by atoms with E-state index in [0.29, 0.717) is 12.8 Å². The summed E-state index contributed by atoms with van der Waals surface area (Å²) in [6.07, 6.45) is 4.58. The van der Waals surface area contributed by atoms with Gasteiger partial charge in [-0.15, -0.1) is 0 Å². The highest BCUT2D eigenvalue weighted by molar-refractivity contribution is 7.89. The fourth-order valence-corrected chi connectivity index (χ4v) is 5.93. The van der Waals surface area contributed by atoms with Crippen LogP contribution in [0.5, 0.6) is 0 Å². The molecule has 1 unspecified atom stereocenters. The van der Waals surface area contributed by atoms with Gasteiger partial charge in [-0.3, -0.25) is 9.78 Å². The molecule has 0 bridgehead atoms. The lowest BCUT2D eigenvalue weighted by molar-refractivity contribution is -0.127. The number of pyridine rings is 1. The van der Waals surface area contributed by atoms with Crippen molar-refractivity contribution in [3.63, 3.8) is 0 Å². The summed E-state index contributed by atoms with van der Waals surface area (Å²) in [7, 11) is -3.76. The number of benzene rings is 2. The maximum absolute atomic E-state index is 13.6. The number of nitrogens with one attached hydrogen (secondary N) is 1. The van der Waals surface area contributed by atoms with Gasteiger partial charge < -0.3 is 5.32 Å². The standard InChI is InChI=1S/C25H27N3O3S/c1-19(20-14-16-26-17-15-20)27-25(29)22-12-13-24(21-8-4-2-5-9-21)28(18-22)32(30,31)23-10-6-3-7-11-23/h2-11,14-17,19,22,24H,12-13,18H2,1H3,(H,27,29)/t19?,22-,24-/m1/s1. The molecule has 1 fully saturated rings. The molecular formula is C25H27N3O3S. The average molecular weight is 450 g/mol. The van der Waals surface area contributed by atoms with E-state index in [2.05, 4.69) is 10.3 Å². The van der Waals surface area contributed by atoms with Crippen molar-refractivity contribution in [3.8, 4) is 0 Å². The normalized spacial score (nSPS) is 20.4. The monoisotopic (exact) mass is 449 g/mol. The number of hydrogen-bond acceptors (Lipinski definition) is 4. The lowest BCUT2D eigenvalue weighted by Gasteiger charge is -2.38. The van der Waals surface area contributed by atoms with Gasteiger partial charge in [0, 0.05) is 18.9 Å². The molecule has 4 rings (SSSR count). The van der Waals surface area contributed by atoms with Crippen molar-refractivity contribution in [2.75, 3.05) is 6.54 Å². The summed E-state index contributed by atoms with van der Waals surface area (Å²) in [5.41, 5.74) is 1.90. The van der Waals surface area contributed by atoms with Crippen molar-refractivity contribution in [2.24, 2.45) is 5.92 Å². The van der Waals surface area contributed by atoms with Crippen molar-refractivity contribution in [3.05, 3.63) is 96.3 Å². The van der Waals surface area contributed by atoms with E-state index in [4.69, 9.17) is 0 Å². The number of piperidine rings is 1. The van der Waals surface area contributed by atoms with Gasteiger partial charge in [0.2, 0.25) is 15.9 Å². The smallest absolute Gasteiger partial charge is 0.243 e. The fourth-order valence-electron chi connectivity index (χ4n) is 4.22. The van der Waals surface area contributed by atoms with Crippen LogP contribution >= 0.6 is 0 Å². The lowest BCUT2D eigenvalue weighted by Crippen LogP contribution is -2.47. The first-order valence-electron chi connectivity index (χ1n) is 10.8. The van der Waals surface area contributed by atoms with E-state index in [1.54, 1.807) is 42.7 Å². The molecule has 166 valence electrons. The summed E-state index contributed by atoms with van der Waals surface area (Å²) in [6.45, 7) is 2.06. The van der Waals surface area contributed by atoms with Crippen LogP contribution in [0.3, 0.4) is 0 Å². The summed E-state index contributed by atoms with van der Waals surface area (Å²) in [6, 6.07) is 21.3. The Morgan fingerprint density at radius 1 is 0.969 bits per heavy atom. The number of rotatable bonds is 6. The first-order chi connectivity index (χ1) is 15.5. The Kier molecular flexibility index (Phi) is 6.67. The van der Waals surface area contributed by atoms with Gasteiger partial charge in [-0.05, 0) is 55.2 Å². The lowest BCUT2D eigenvalue weighted by atomic mass is 9.90. The second kappa shape index (κ2) is 9.63. The van der Waals surface area contributed by atoms with Gasteiger partial charge in [0.05, 0.1) is 22.9 Å². The largest absolute Gasteiger partial charge is 0.349 e. The predicted octanol–water partition coefficient (Wildman–Crippen LogP) is 4.10. The summed E-state index contributed by atoms with van der Waals surface area (Å²) >= 11 is 0. The van der Waals surface area contributed by atoms with Crippen molar-refractivity contribution < 1.29 is 13.2 Å². The minimum Gasteiger partial charge on any atom is -0.349 e. The molecule has 1 amide bonds. The molecule has 0 radical (unpaired) electrons. The van der Waals surface area contributed by atoms with Crippen LogP contribution in [0, 0.1) is 5.92 Å². The molecule has 3 aromatic rings. The van der Waals surface area contributed by atoms with Crippen LogP contribution in [0.2, 0.25) is 0 Å². The van der Waals surface area contributed by atoms with Gasteiger partial charge >= 0.3 is 0 Å². The Hall–Kier alpha value is -3.03. The van der Waals surface area contributed by atoms with Gasteiger partial charge in [-0.2, -0.15) is 4.31 Å². The molecule has 2 aromatic carbocycles. The zero-order valence-corrected chi connectivity index (χ0v) is 18.8. The van der Waals surface area contributed by atoms with E-state index >= 15 is 0 Å². The topological polar surface area (TPSA) is 79.4 Å². The molecule has 0 spiro atoms. The molecule has 0 aliphatic carbocycles. The molecule has 1 saturated heterocycles. The SMILES string of the molecule is CC(NC(=O)[C@@H]1CC[C@H](c2ccccc2)N(S(=O)(=O)c2ccccc2)C1)c1ccncc1. The third-order valence-electron chi connectivity index (χ3n) is 6.01. The molecule has 1 N–H and O–H groups in total. The molecule has 1 aliphatic heterocycles. The van der Waals surface area contributed by atoms with Crippen molar-refractivity contribution in [2.45, 2.75) is 36.7 Å². The Morgan fingerprint density at radius 3 is 2.25 bits per heavy atom. The Bertz CT molecular complexity index is 1140. The molecule has 0 saturated carbocycles. The van der Waals surface area contributed by atoms with Gasteiger partial charge in [0.15, 0.2) is 0 Å². The van der Waals surface area contributed by atoms with Crippen LogP contribution in [-0.4, -0.2) is 30.2 Å². The van der Waals surface area contributed by atoms with Gasteiger partial charge in [0.1, 0.15) is 0 Å². The van der Waals surface area contributed by atoms with Gasteiger partial charge in [-0.25, -0.2) is 8.42 Å². The van der Waals surface area contributed by atoms with Crippen LogP contribution in [0.25, 0.3) is 0 Å². The van der Waals surface area contributed by atoms with Crippen LogP contribution < -0.4 is 5.32 Å². The molecule has 3 atom stereocenters. The van der Waals surface area contributed by atoms with Crippen LogP contribution in [0.4, 0.5) is 0 Å². The van der Waals surface area contributed by atoms with Crippen LogP contribution in [0.1, 0.15) is 43.0 Å². The summed E-state index contributed by atoms with van der Waals surface area (Å²) < 4.78 is 28.6. The van der Waals surface area contributed by atoms with Gasteiger partial charge in [-0.1, -0.05) is 48.5 Å². The highest BCUT2D eigenvalue weighted by Gasteiger charge is 2.40. The van der Waals surface area contributed by atoms with Crippen LogP contribution in [-0.2, 0) is 14.8 Å². The highest BCUT2D eigenvalue weighted by Crippen LogP contribution is 2.37. The minimum absolute atomic E-state index is 0.130. The maximum Gasteiger partial charge on any atom is 0.243 e. The Labute approximate surface area is 189 Å². The molecule has 1 aromatic heterocycles. The highest BCUT2D eigenvalue weighted by atomic mass is 32.2. The van der Waals surface area contributed by atoms with E-state index in [1.807, 2.05) is 49.4 Å². The first kappa shape index (κ1) is 22.2. The molecule has 1 aliphatic rings. The number of hydrogen-bond donors (Lipinski definition) is 1. The molecule has 2 heterocycles. The van der Waals surface area contributed by atoms with E-state index in [0.717, 1.165) is 11.1 Å². The Morgan fingerprint density at radius 2 is 1.59 bits per heavy atom. The minimum atomic E-state index is -3.76. The zero-order chi connectivity index (χ0) is 22.6. The zero-order valence-electron chi connectivity index (χ0n) is 18.0. The molecule has 32 heavy (non-hydrogen) atoms. The van der Waals surface area contributed by atoms with Crippen molar-refractivity contribution in [1.29, 1.82) is 0 Å². The third kappa shape index (κ3) is 4.74. The predicted molar refractivity (Wildman–Crippen MR) is 123 cm³/mol. The number of amides is 1. The number of carbonyl (C=O) groups excluding carboxylic acids is 1. The van der Waals surface area contributed by atoms with E-state index in [9.17, 15) is 13.2 Å². The average Bonchev–Trinajstić information content (AvgIpc) is 2.85. The fraction of sp³-hybridized carbons (Fsp3) is 0.280. The van der Waals surface area contributed by atoms with E-state index in [-0.39, 0.29) is 29.4 Å². The van der Waals surface area contributed by atoms with Crippen molar-refractivity contribution in [1.82, 2.24) is 14.6 Å². The van der Waals surface area contributed by atoms with Crippen molar-refractivity contribution >= 4 is 15.9 Å². The van der Waals surface area contributed by atoms with Crippen LogP contribution in [0.15, 0.2) is 90.1 Å². The number of nitrogens with zero attached hydrogens (tertiary/aromatic N) is 2. The summed E-state index contributed by atoms with van der Waals surface area (Å²) in [5.74, 6) is -0.549. The number of carbonyl (C=O) groups is 1. The summed E-state index contributed by atoms with van der Waals surface area (Å²) in [4.78, 5) is 17.3. The van der Waals surface area contributed by atoms with E-state index < -0.39 is 15.9 Å². The van der Waals surface area contributed by atoms with E-state index in [1.165, 1.54) is 4.31 Å².